The normalized spacial score (nSPS) is 13.5. The van der Waals surface area contributed by atoms with E-state index < -0.39 is 0 Å². The zero-order valence-electron chi connectivity index (χ0n) is 25.1. The molecule has 0 radical (unpaired) electrons. The number of hydrogen-bond donors (Lipinski definition) is 0. The molecule has 0 atom stereocenters. The molecule has 2 nitrogen and oxygen atoms in total. The summed E-state index contributed by atoms with van der Waals surface area (Å²) in [4.78, 5) is 2.35. The molecule has 0 bridgehead atoms. The van der Waals surface area contributed by atoms with Crippen LogP contribution in [0.1, 0.15) is 30.5 Å². The number of hydrogen-bond acceptors (Lipinski definition) is 2. The van der Waals surface area contributed by atoms with E-state index in [0.29, 0.717) is 0 Å². The zero-order valence-corrected chi connectivity index (χ0v) is 25.1. The van der Waals surface area contributed by atoms with Crippen LogP contribution in [-0.4, -0.2) is 0 Å². The Morgan fingerprint density at radius 1 is 0.568 bits per heavy atom. The molecule has 44 heavy (non-hydrogen) atoms. The first-order valence-electron chi connectivity index (χ1n) is 15.4. The van der Waals surface area contributed by atoms with E-state index in [-0.39, 0.29) is 5.41 Å². The Bertz CT molecular complexity index is 2440. The van der Waals surface area contributed by atoms with Gasteiger partial charge in [-0.05, 0) is 92.7 Å². The number of para-hydroxylation sites is 2. The van der Waals surface area contributed by atoms with Crippen molar-refractivity contribution in [2.45, 2.75) is 26.2 Å². The van der Waals surface area contributed by atoms with Gasteiger partial charge in [0.25, 0.3) is 0 Å². The molecule has 0 amide bonds. The lowest BCUT2D eigenvalue weighted by atomic mass is 9.80. The van der Waals surface area contributed by atoms with Crippen LogP contribution in [0.5, 0.6) is 0 Å². The number of furan rings is 1. The summed E-state index contributed by atoms with van der Waals surface area (Å²) in [5.41, 5.74) is 11.7. The molecule has 0 fully saturated rings. The molecule has 1 aromatic heterocycles. The summed E-state index contributed by atoms with van der Waals surface area (Å²) in [6.45, 7) is 6.90. The van der Waals surface area contributed by atoms with E-state index in [4.69, 9.17) is 4.42 Å². The molecule has 1 heterocycles. The van der Waals surface area contributed by atoms with E-state index in [1.807, 2.05) is 6.07 Å². The van der Waals surface area contributed by atoms with Crippen molar-refractivity contribution in [2.24, 2.45) is 0 Å². The van der Waals surface area contributed by atoms with E-state index in [1.165, 1.54) is 49.4 Å². The van der Waals surface area contributed by atoms with E-state index in [2.05, 4.69) is 153 Å². The topological polar surface area (TPSA) is 16.4 Å². The highest BCUT2D eigenvalue weighted by molar-refractivity contribution is 6.11. The number of anilines is 3. The molecule has 0 saturated carbocycles. The van der Waals surface area contributed by atoms with Gasteiger partial charge in [0.2, 0.25) is 0 Å². The van der Waals surface area contributed by atoms with Gasteiger partial charge >= 0.3 is 0 Å². The lowest BCUT2D eigenvalue weighted by Crippen LogP contribution is -2.15. The highest BCUT2D eigenvalue weighted by Crippen LogP contribution is 2.54. The van der Waals surface area contributed by atoms with Crippen molar-refractivity contribution in [3.8, 4) is 11.1 Å². The summed E-state index contributed by atoms with van der Waals surface area (Å²) in [6.07, 6.45) is 0. The third kappa shape index (κ3) is 3.48. The third-order valence-electron chi connectivity index (χ3n) is 9.64. The molecule has 0 unspecified atom stereocenters. The fourth-order valence-electron chi connectivity index (χ4n) is 7.66. The van der Waals surface area contributed by atoms with E-state index >= 15 is 0 Å². The maximum atomic E-state index is 6.54. The van der Waals surface area contributed by atoms with Crippen LogP contribution in [0.15, 0.2) is 138 Å². The van der Waals surface area contributed by atoms with Gasteiger partial charge in [-0.15, -0.1) is 0 Å². The van der Waals surface area contributed by atoms with Crippen molar-refractivity contribution < 1.29 is 4.42 Å². The molecule has 8 aromatic rings. The molecule has 0 aliphatic heterocycles. The van der Waals surface area contributed by atoms with Crippen LogP contribution in [0, 0.1) is 6.92 Å². The minimum absolute atomic E-state index is 0.105. The van der Waals surface area contributed by atoms with Crippen LogP contribution in [0.25, 0.3) is 54.6 Å². The van der Waals surface area contributed by atoms with Crippen molar-refractivity contribution in [3.05, 3.63) is 150 Å². The summed E-state index contributed by atoms with van der Waals surface area (Å²) < 4.78 is 6.54. The van der Waals surface area contributed by atoms with Gasteiger partial charge in [0.15, 0.2) is 5.58 Å². The van der Waals surface area contributed by atoms with Gasteiger partial charge in [-0.25, -0.2) is 0 Å². The molecule has 0 N–H and O–H groups in total. The van der Waals surface area contributed by atoms with Gasteiger partial charge in [0.1, 0.15) is 5.58 Å². The quantitative estimate of drug-likeness (QED) is 0.212. The smallest absolute Gasteiger partial charge is 0.159 e. The summed E-state index contributed by atoms with van der Waals surface area (Å²) in [6, 6.07) is 48.5. The number of nitrogens with zero attached hydrogens (tertiary/aromatic N) is 1. The van der Waals surface area contributed by atoms with Gasteiger partial charge in [-0.2, -0.15) is 0 Å². The maximum absolute atomic E-state index is 6.54. The van der Waals surface area contributed by atoms with E-state index in [0.717, 1.165) is 39.0 Å². The summed E-state index contributed by atoms with van der Waals surface area (Å²) >= 11 is 0. The molecule has 1 aliphatic carbocycles. The average molecular weight is 566 g/mol. The fourth-order valence-corrected chi connectivity index (χ4v) is 7.66. The third-order valence-corrected chi connectivity index (χ3v) is 9.64. The van der Waals surface area contributed by atoms with E-state index in [1.54, 1.807) is 0 Å². The number of aryl methyl sites for hydroxylation is 1. The van der Waals surface area contributed by atoms with Crippen molar-refractivity contribution in [1.82, 2.24) is 0 Å². The predicted molar refractivity (Wildman–Crippen MR) is 186 cm³/mol. The first kappa shape index (κ1) is 25.2. The Morgan fingerprint density at radius 2 is 1.32 bits per heavy atom. The minimum Gasteiger partial charge on any atom is -0.454 e. The number of rotatable bonds is 3. The van der Waals surface area contributed by atoms with Crippen LogP contribution in [0.3, 0.4) is 0 Å². The molecule has 210 valence electrons. The summed E-state index contributed by atoms with van der Waals surface area (Å²) in [5, 5.41) is 7.43. The molecule has 0 saturated heterocycles. The van der Waals surface area contributed by atoms with Crippen molar-refractivity contribution in [1.29, 1.82) is 0 Å². The molecule has 9 rings (SSSR count). The van der Waals surface area contributed by atoms with Crippen LogP contribution >= 0.6 is 0 Å². The predicted octanol–water partition coefficient (Wildman–Crippen LogP) is 12.0. The second kappa shape index (κ2) is 9.08. The van der Waals surface area contributed by atoms with Crippen molar-refractivity contribution >= 4 is 60.5 Å². The van der Waals surface area contributed by atoms with Crippen LogP contribution in [0.2, 0.25) is 0 Å². The van der Waals surface area contributed by atoms with E-state index in [9.17, 15) is 0 Å². The monoisotopic (exact) mass is 565 g/mol. The van der Waals surface area contributed by atoms with Gasteiger partial charge in [-0.3, -0.25) is 0 Å². The Morgan fingerprint density at radius 3 is 2.20 bits per heavy atom. The van der Waals surface area contributed by atoms with Gasteiger partial charge < -0.3 is 9.32 Å². The Hall–Kier alpha value is -5.34. The summed E-state index contributed by atoms with van der Waals surface area (Å²) in [7, 11) is 0. The SMILES string of the molecule is Cc1cccc(N(c2ccc3c4c(ccc3c2)-c2c(ccc3ccccc23)C4(C)C)c2cccc3c2oc2ccccc23)c1. The lowest BCUT2D eigenvalue weighted by Gasteiger charge is -2.27. The van der Waals surface area contributed by atoms with Gasteiger partial charge in [0, 0.05) is 27.6 Å². The van der Waals surface area contributed by atoms with Gasteiger partial charge in [0.05, 0.1) is 5.69 Å². The lowest BCUT2D eigenvalue weighted by molar-refractivity contribution is 0.667. The Kier molecular flexibility index (Phi) is 5.20. The first-order chi connectivity index (χ1) is 21.5. The fraction of sp³-hybridized carbons (Fsp3) is 0.0952. The van der Waals surface area contributed by atoms with Crippen molar-refractivity contribution in [2.75, 3.05) is 4.90 Å². The van der Waals surface area contributed by atoms with Crippen LogP contribution in [-0.2, 0) is 5.41 Å². The molecule has 2 heteroatoms. The second-order valence-corrected chi connectivity index (χ2v) is 12.7. The van der Waals surface area contributed by atoms with Crippen LogP contribution < -0.4 is 4.90 Å². The minimum atomic E-state index is -0.105. The Labute approximate surface area is 256 Å². The standard InChI is InChI=1S/C42H31NO/c1-26-10-8-12-29(24-26)43(37-16-9-15-34-33-14-6-7-17-38(33)44-41(34)37)30-20-22-32-28(25-30)18-21-35-39-31-13-5-4-11-27(31)19-23-36(39)42(2,3)40(32)35/h4-25H,1-3H3. The molecular weight excluding hydrogens is 534 g/mol. The van der Waals surface area contributed by atoms with Crippen LogP contribution in [0.4, 0.5) is 17.1 Å². The highest BCUT2D eigenvalue weighted by atomic mass is 16.3. The first-order valence-corrected chi connectivity index (χ1v) is 15.4. The molecule has 7 aromatic carbocycles. The Balaban J connectivity index is 1.28. The molecule has 1 aliphatic rings. The number of benzene rings is 7. The van der Waals surface area contributed by atoms with Gasteiger partial charge in [-0.1, -0.05) is 111 Å². The molecular formula is C42H31NO. The largest absolute Gasteiger partial charge is 0.454 e. The second-order valence-electron chi connectivity index (χ2n) is 12.7. The average Bonchev–Trinajstić information content (AvgIpc) is 3.54. The van der Waals surface area contributed by atoms with Crippen molar-refractivity contribution in [3.63, 3.8) is 0 Å². The number of fused-ring (bicyclic) bond motifs is 10. The molecule has 0 spiro atoms. The summed E-state index contributed by atoms with van der Waals surface area (Å²) in [5.74, 6) is 0. The maximum Gasteiger partial charge on any atom is 0.159 e. The highest BCUT2D eigenvalue weighted by Gasteiger charge is 2.37. The zero-order chi connectivity index (χ0) is 29.6.